The highest BCUT2D eigenvalue weighted by Crippen LogP contribution is 2.39. The van der Waals surface area contributed by atoms with Gasteiger partial charge in [0.1, 0.15) is 0 Å². The normalized spacial score (nSPS) is 21.8. The van der Waals surface area contributed by atoms with Crippen molar-refractivity contribution in [3.05, 3.63) is 30.1 Å². The Morgan fingerprint density at radius 1 is 1.25 bits per heavy atom. The van der Waals surface area contributed by atoms with Crippen molar-refractivity contribution in [2.45, 2.75) is 42.8 Å². The highest BCUT2D eigenvalue weighted by atomic mass is 32.2. The van der Waals surface area contributed by atoms with Gasteiger partial charge < -0.3 is 0 Å². The fourth-order valence-electron chi connectivity index (χ4n) is 3.37. The summed E-state index contributed by atoms with van der Waals surface area (Å²) in [6.45, 7) is -0.317. The Hall–Kier alpha value is -1.79. The van der Waals surface area contributed by atoms with Crippen molar-refractivity contribution in [3.63, 3.8) is 0 Å². The molecule has 0 saturated heterocycles. The maximum absolute atomic E-state index is 13.3. The molecule has 3 rings (SSSR count). The highest BCUT2D eigenvalue weighted by molar-refractivity contribution is 7.89. The number of aromatic nitrogens is 1. The second-order valence-corrected chi connectivity index (χ2v) is 8.55. The summed E-state index contributed by atoms with van der Waals surface area (Å²) in [4.78, 5) is 3.62. The second kappa shape index (κ2) is 7.23. The Morgan fingerprint density at radius 3 is 2.46 bits per heavy atom. The standard InChI is InChI=1S/C16H19F5N4O2S/c17-15(18)4-1-11(2-5-15)8-24-9-12(16(19,20)21)10-25(24)13-3-6-23-14(7-13)28(22,26)27/h3,6-7,10-11H,1-2,4-5,8-9H2,(H2,22,26,27). The van der Waals surface area contributed by atoms with E-state index in [4.69, 9.17) is 5.14 Å². The van der Waals surface area contributed by atoms with Crippen molar-refractivity contribution in [2.75, 3.05) is 18.1 Å². The zero-order chi connectivity index (χ0) is 20.7. The molecule has 0 unspecified atom stereocenters. The molecule has 0 atom stereocenters. The lowest BCUT2D eigenvalue weighted by Gasteiger charge is -2.35. The predicted molar refractivity (Wildman–Crippen MR) is 90.7 cm³/mol. The third-order valence-electron chi connectivity index (χ3n) is 4.88. The van der Waals surface area contributed by atoms with Gasteiger partial charge in [-0.2, -0.15) is 13.2 Å². The average molecular weight is 426 g/mol. The highest BCUT2D eigenvalue weighted by Gasteiger charge is 2.42. The SMILES string of the molecule is NS(=O)(=O)c1cc(N2C=C(C(F)(F)F)CN2CC2CCC(F)(F)CC2)ccn1. The molecule has 0 bridgehead atoms. The minimum Gasteiger partial charge on any atom is -0.281 e. The Balaban J connectivity index is 1.85. The minimum absolute atomic E-state index is 0.138. The number of nitrogens with two attached hydrogens (primary N) is 1. The number of rotatable bonds is 4. The number of primary sulfonamides is 1. The number of nitrogens with zero attached hydrogens (tertiary/aromatic N) is 3. The van der Waals surface area contributed by atoms with E-state index in [9.17, 15) is 30.4 Å². The molecule has 156 valence electrons. The summed E-state index contributed by atoms with van der Waals surface area (Å²) in [5.41, 5.74) is -0.679. The van der Waals surface area contributed by atoms with Crippen molar-refractivity contribution in [2.24, 2.45) is 11.1 Å². The molecule has 2 heterocycles. The van der Waals surface area contributed by atoms with Crippen molar-refractivity contribution < 1.29 is 30.4 Å². The van der Waals surface area contributed by atoms with Gasteiger partial charge in [0, 0.05) is 37.8 Å². The van der Waals surface area contributed by atoms with Crippen LogP contribution in [-0.4, -0.2) is 43.6 Å². The summed E-state index contributed by atoms with van der Waals surface area (Å²) in [7, 11) is -4.14. The van der Waals surface area contributed by atoms with Crippen LogP contribution in [-0.2, 0) is 10.0 Å². The lowest BCUT2D eigenvalue weighted by atomic mass is 9.86. The maximum Gasteiger partial charge on any atom is 0.415 e. The van der Waals surface area contributed by atoms with Gasteiger partial charge in [0.25, 0.3) is 10.0 Å². The van der Waals surface area contributed by atoms with Gasteiger partial charge in [-0.3, -0.25) is 5.01 Å². The molecule has 1 aliphatic heterocycles. The first kappa shape index (κ1) is 20.9. The van der Waals surface area contributed by atoms with Crippen molar-refractivity contribution in [1.82, 2.24) is 9.99 Å². The Morgan fingerprint density at radius 2 is 1.89 bits per heavy atom. The van der Waals surface area contributed by atoms with Gasteiger partial charge in [0.15, 0.2) is 5.03 Å². The Bertz CT molecular complexity index is 862. The summed E-state index contributed by atoms with van der Waals surface area (Å²) in [6, 6.07) is 2.43. The number of anilines is 1. The average Bonchev–Trinajstić information content (AvgIpc) is 3.00. The molecule has 1 aliphatic carbocycles. The van der Waals surface area contributed by atoms with Crippen LogP contribution in [0.1, 0.15) is 25.7 Å². The van der Waals surface area contributed by atoms with E-state index < -0.39 is 39.3 Å². The van der Waals surface area contributed by atoms with E-state index in [1.165, 1.54) is 16.1 Å². The Labute approximate surface area is 158 Å². The number of hydrazine groups is 1. The van der Waals surface area contributed by atoms with E-state index in [0.29, 0.717) is 0 Å². The number of pyridine rings is 1. The van der Waals surface area contributed by atoms with Gasteiger partial charge in [-0.15, -0.1) is 0 Å². The van der Waals surface area contributed by atoms with E-state index in [1.54, 1.807) is 0 Å². The monoisotopic (exact) mass is 426 g/mol. The topological polar surface area (TPSA) is 79.5 Å². The van der Waals surface area contributed by atoms with Crippen molar-refractivity contribution in [3.8, 4) is 0 Å². The third-order valence-corrected chi connectivity index (χ3v) is 5.69. The van der Waals surface area contributed by atoms with Crippen LogP contribution in [0.4, 0.5) is 27.6 Å². The van der Waals surface area contributed by atoms with Gasteiger partial charge in [-0.05, 0) is 24.8 Å². The van der Waals surface area contributed by atoms with Gasteiger partial charge >= 0.3 is 6.18 Å². The van der Waals surface area contributed by atoms with E-state index in [1.807, 2.05) is 0 Å². The first-order valence-corrected chi connectivity index (χ1v) is 10.1. The number of halogens is 5. The predicted octanol–water partition coefficient (Wildman–Crippen LogP) is 3.04. The molecular formula is C16H19F5N4O2S. The molecule has 2 N–H and O–H groups in total. The first-order valence-electron chi connectivity index (χ1n) is 8.54. The van der Waals surface area contributed by atoms with Crippen LogP contribution in [0.2, 0.25) is 0 Å². The fraction of sp³-hybridized carbons (Fsp3) is 0.562. The molecule has 1 fully saturated rings. The minimum atomic E-state index is -4.57. The zero-order valence-corrected chi connectivity index (χ0v) is 15.5. The summed E-state index contributed by atoms with van der Waals surface area (Å²) < 4.78 is 89.4. The summed E-state index contributed by atoms with van der Waals surface area (Å²) in [5.74, 6) is -2.92. The molecule has 0 aromatic carbocycles. The van der Waals surface area contributed by atoms with Crippen LogP contribution in [0.5, 0.6) is 0 Å². The van der Waals surface area contributed by atoms with Gasteiger partial charge in [0.05, 0.1) is 17.8 Å². The number of alkyl halides is 5. The first-order chi connectivity index (χ1) is 12.9. The van der Waals surface area contributed by atoms with Crippen LogP contribution >= 0.6 is 0 Å². The van der Waals surface area contributed by atoms with Gasteiger partial charge in [-0.25, -0.2) is 32.3 Å². The molecule has 1 aromatic rings. The molecule has 1 saturated carbocycles. The lowest BCUT2D eigenvalue weighted by Crippen LogP contribution is -2.41. The lowest BCUT2D eigenvalue weighted by molar-refractivity contribution is -0.0938. The van der Waals surface area contributed by atoms with Crippen LogP contribution in [0, 0.1) is 5.92 Å². The van der Waals surface area contributed by atoms with E-state index in [-0.39, 0.29) is 43.8 Å². The zero-order valence-electron chi connectivity index (χ0n) is 14.7. The number of hydrogen-bond acceptors (Lipinski definition) is 5. The van der Waals surface area contributed by atoms with E-state index in [2.05, 4.69) is 4.98 Å². The van der Waals surface area contributed by atoms with E-state index in [0.717, 1.165) is 18.5 Å². The van der Waals surface area contributed by atoms with Crippen LogP contribution in [0.15, 0.2) is 35.1 Å². The Kier molecular flexibility index (Phi) is 5.40. The molecule has 0 amide bonds. The number of hydrogen-bond donors (Lipinski definition) is 1. The quantitative estimate of drug-likeness (QED) is 0.749. The molecule has 28 heavy (non-hydrogen) atoms. The third kappa shape index (κ3) is 4.78. The van der Waals surface area contributed by atoms with Crippen molar-refractivity contribution >= 4 is 15.7 Å². The summed E-state index contributed by atoms with van der Waals surface area (Å²) in [5, 5.41) is 7.13. The maximum atomic E-state index is 13.3. The number of sulfonamides is 1. The second-order valence-electron chi connectivity index (χ2n) is 7.04. The fourth-order valence-corrected chi connectivity index (χ4v) is 3.87. The molecule has 12 heteroatoms. The van der Waals surface area contributed by atoms with Gasteiger partial charge in [-0.1, -0.05) is 0 Å². The van der Waals surface area contributed by atoms with Crippen LogP contribution < -0.4 is 10.1 Å². The summed E-state index contributed by atoms with van der Waals surface area (Å²) >= 11 is 0. The molecule has 2 aliphatic rings. The molecule has 0 spiro atoms. The molecular weight excluding hydrogens is 407 g/mol. The molecule has 1 aromatic heterocycles. The summed E-state index contributed by atoms with van der Waals surface area (Å²) in [6.07, 6.45) is -2.74. The van der Waals surface area contributed by atoms with Crippen LogP contribution in [0.25, 0.3) is 0 Å². The van der Waals surface area contributed by atoms with Crippen LogP contribution in [0.3, 0.4) is 0 Å². The molecule has 6 nitrogen and oxygen atoms in total. The smallest absolute Gasteiger partial charge is 0.281 e. The van der Waals surface area contributed by atoms with Gasteiger partial charge in [0.2, 0.25) is 5.92 Å². The largest absolute Gasteiger partial charge is 0.415 e. The van der Waals surface area contributed by atoms with Crippen molar-refractivity contribution in [1.29, 1.82) is 0 Å². The van der Waals surface area contributed by atoms with E-state index >= 15 is 0 Å². The molecule has 0 radical (unpaired) electrons.